The lowest BCUT2D eigenvalue weighted by molar-refractivity contribution is 0.370. The SMILES string of the molecule is CCc1cc2c(cc1C(C)N)N(Cc1cc(C)no1)CCC2(C)C. The molecule has 0 saturated carbocycles. The fourth-order valence-corrected chi connectivity index (χ4v) is 3.70. The Balaban J connectivity index is 2.06. The molecule has 3 rings (SSSR count). The molecule has 2 N–H and O–H groups in total. The summed E-state index contributed by atoms with van der Waals surface area (Å²) in [4.78, 5) is 2.41. The fraction of sp³-hybridized carbons (Fsp3) is 0.550. The molecule has 1 unspecified atom stereocenters. The molecule has 4 nitrogen and oxygen atoms in total. The van der Waals surface area contributed by atoms with Gasteiger partial charge in [0.25, 0.3) is 0 Å². The highest BCUT2D eigenvalue weighted by Crippen LogP contribution is 2.42. The Morgan fingerprint density at radius 1 is 1.33 bits per heavy atom. The Morgan fingerprint density at radius 2 is 2.08 bits per heavy atom. The highest BCUT2D eigenvalue weighted by atomic mass is 16.5. The molecule has 0 radical (unpaired) electrons. The van der Waals surface area contributed by atoms with E-state index in [2.05, 4.69) is 49.9 Å². The molecule has 1 atom stereocenters. The van der Waals surface area contributed by atoms with E-state index in [0.717, 1.165) is 37.4 Å². The van der Waals surface area contributed by atoms with Crippen molar-refractivity contribution in [2.24, 2.45) is 5.73 Å². The molecular formula is C20H29N3O. The van der Waals surface area contributed by atoms with Gasteiger partial charge in [0, 0.05) is 24.3 Å². The molecule has 1 aliphatic heterocycles. The lowest BCUT2D eigenvalue weighted by Gasteiger charge is -2.41. The van der Waals surface area contributed by atoms with Crippen LogP contribution in [0.2, 0.25) is 0 Å². The lowest BCUT2D eigenvalue weighted by Crippen LogP contribution is -2.37. The Kier molecular flexibility index (Phi) is 4.43. The van der Waals surface area contributed by atoms with Crippen molar-refractivity contribution in [1.82, 2.24) is 5.16 Å². The van der Waals surface area contributed by atoms with Crippen LogP contribution in [-0.2, 0) is 18.4 Å². The molecule has 0 aliphatic carbocycles. The Morgan fingerprint density at radius 3 is 2.67 bits per heavy atom. The van der Waals surface area contributed by atoms with Crippen LogP contribution in [0.4, 0.5) is 5.69 Å². The standard InChI is InChI=1S/C20H29N3O/c1-6-15-10-18-19(11-17(15)14(3)21)23(8-7-20(18,4)5)12-16-9-13(2)22-24-16/h9-11,14H,6-8,12,21H2,1-5H3. The Labute approximate surface area is 145 Å². The Hall–Kier alpha value is -1.81. The largest absolute Gasteiger partial charge is 0.364 e. The molecule has 24 heavy (non-hydrogen) atoms. The number of anilines is 1. The molecule has 0 bridgehead atoms. The van der Waals surface area contributed by atoms with E-state index in [0.29, 0.717) is 0 Å². The van der Waals surface area contributed by atoms with Gasteiger partial charge < -0.3 is 15.2 Å². The zero-order chi connectivity index (χ0) is 17.5. The number of hydrogen-bond donors (Lipinski definition) is 1. The van der Waals surface area contributed by atoms with Crippen molar-refractivity contribution in [3.63, 3.8) is 0 Å². The number of rotatable bonds is 4. The lowest BCUT2D eigenvalue weighted by atomic mass is 9.75. The molecule has 1 aromatic heterocycles. The van der Waals surface area contributed by atoms with Crippen LogP contribution >= 0.6 is 0 Å². The second-order valence-corrected chi connectivity index (χ2v) is 7.70. The summed E-state index contributed by atoms with van der Waals surface area (Å²) in [5.41, 5.74) is 12.7. The number of nitrogens with zero attached hydrogens (tertiary/aromatic N) is 2. The van der Waals surface area contributed by atoms with Crippen LogP contribution in [0.15, 0.2) is 22.7 Å². The quantitative estimate of drug-likeness (QED) is 0.912. The minimum Gasteiger partial charge on any atom is -0.364 e. The van der Waals surface area contributed by atoms with Crippen molar-refractivity contribution in [2.45, 2.75) is 65.5 Å². The first-order chi connectivity index (χ1) is 11.3. The number of nitrogens with two attached hydrogens (primary N) is 1. The van der Waals surface area contributed by atoms with E-state index in [9.17, 15) is 0 Å². The van der Waals surface area contributed by atoms with Gasteiger partial charge in [-0.05, 0) is 54.9 Å². The fourth-order valence-electron chi connectivity index (χ4n) is 3.70. The number of benzene rings is 1. The van der Waals surface area contributed by atoms with Crippen LogP contribution in [0.5, 0.6) is 0 Å². The third-order valence-electron chi connectivity index (χ3n) is 5.23. The molecule has 0 spiro atoms. The third kappa shape index (κ3) is 3.07. The van der Waals surface area contributed by atoms with Crippen LogP contribution in [0.3, 0.4) is 0 Å². The van der Waals surface area contributed by atoms with Gasteiger partial charge in [-0.15, -0.1) is 0 Å². The molecule has 0 fully saturated rings. The van der Waals surface area contributed by atoms with Crippen LogP contribution < -0.4 is 10.6 Å². The summed E-state index contributed by atoms with van der Waals surface area (Å²) < 4.78 is 5.44. The maximum absolute atomic E-state index is 6.25. The second-order valence-electron chi connectivity index (χ2n) is 7.70. The summed E-state index contributed by atoms with van der Waals surface area (Å²) in [6.45, 7) is 12.7. The van der Waals surface area contributed by atoms with Gasteiger partial charge >= 0.3 is 0 Å². The van der Waals surface area contributed by atoms with Crippen LogP contribution in [0.25, 0.3) is 0 Å². The van der Waals surface area contributed by atoms with E-state index >= 15 is 0 Å². The van der Waals surface area contributed by atoms with E-state index in [-0.39, 0.29) is 11.5 Å². The summed E-state index contributed by atoms with van der Waals surface area (Å²) >= 11 is 0. The van der Waals surface area contributed by atoms with Crippen LogP contribution in [-0.4, -0.2) is 11.7 Å². The summed E-state index contributed by atoms with van der Waals surface area (Å²) in [6.07, 6.45) is 2.15. The predicted octanol–water partition coefficient (Wildman–Crippen LogP) is 4.25. The van der Waals surface area contributed by atoms with Crippen molar-refractivity contribution in [3.8, 4) is 0 Å². The summed E-state index contributed by atoms with van der Waals surface area (Å²) in [6, 6.07) is 6.76. The van der Waals surface area contributed by atoms with Gasteiger partial charge in [-0.1, -0.05) is 32.0 Å². The van der Waals surface area contributed by atoms with E-state index in [1.165, 1.54) is 22.4 Å². The second kappa shape index (κ2) is 6.25. The highest BCUT2D eigenvalue weighted by molar-refractivity contribution is 5.62. The maximum Gasteiger partial charge on any atom is 0.156 e. The van der Waals surface area contributed by atoms with E-state index in [1.54, 1.807) is 0 Å². The van der Waals surface area contributed by atoms with E-state index < -0.39 is 0 Å². The van der Waals surface area contributed by atoms with Crippen LogP contribution in [0, 0.1) is 6.92 Å². The first kappa shape index (κ1) is 17.0. The molecule has 1 aromatic carbocycles. The molecule has 4 heteroatoms. The maximum atomic E-state index is 6.25. The summed E-state index contributed by atoms with van der Waals surface area (Å²) in [5, 5.41) is 4.02. The first-order valence-electron chi connectivity index (χ1n) is 8.92. The van der Waals surface area contributed by atoms with Crippen LogP contribution in [0.1, 0.15) is 68.3 Å². The number of hydrogen-bond acceptors (Lipinski definition) is 4. The molecule has 0 amide bonds. The topological polar surface area (TPSA) is 55.3 Å². The number of fused-ring (bicyclic) bond motifs is 1. The van der Waals surface area contributed by atoms with Gasteiger partial charge in [-0.25, -0.2) is 0 Å². The molecular weight excluding hydrogens is 298 g/mol. The molecule has 1 aliphatic rings. The van der Waals surface area contributed by atoms with Gasteiger partial charge in [-0.2, -0.15) is 0 Å². The normalized spacial score (nSPS) is 17.7. The minimum absolute atomic E-state index is 0.0460. The van der Waals surface area contributed by atoms with E-state index in [1.807, 2.05) is 13.0 Å². The molecule has 0 saturated heterocycles. The van der Waals surface area contributed by atoms with E-state index in [4.69, 9.17) is 10.3 Å². The van der Waals surface area contributed by atoms with Crippen molar-refractivity contribution in [3.05, 3.63) is 46.3 Å². The third-order valence-corrected chi connectivity index (χ3v) is 5.23. The van der Waals surface area contributed by atoms with Gasteiger partial charge in [0.15, 0.2) is 5.76 Å². The van der Waals surface area contributed by atoms with Crippen molar-refractivity contribution >= 4 is 5.69 Å². The zero-order valence-electron chi connectivity index (χ0n) is 15.5. The smallest absolute Gasteiger partial charge is 0.156 e. The number of aryl methyl sites for hydroxylation is 2. The average molecular weight is 327 g/mol. The molecule has 2 aromatic rings. The van der Waals surface area contributed by atoms with Gasteiger partial charge in [-0.3, -0.25) is 0 Å². The molecule has 2 heterocycles. The minimum atomic E-state index is 0.0460. The first-order valence-corrected chi connectivity index (χ1v) is 8.92. The molecule has 130 valence electrons. The average Bonchev–Trinajstić information content (AvgIpc) is 2.94. The summed E-state index contributed by atoms with van der Waals surface area (Å²) in [7, 11) is 0. The van der Waals surface area contributed by atoms with Gasteiger partial charge in [0.1, 0.15) is 0 Å². The zero-order valence-corrected chi connectivity index (χ0v) is 15.5. The van der Waals surface area contributed by atoms with Gasteiger partial charge in [0.05, 0.1) is 12.2 Å². The van der Waals surface area contributed by atoms with Crippen molar-refractivity contribution < 1.29 is 4.52 Å². The van der Waals surface area contributed by atoms with Gasteiger partial charge in [0.2, 0.25) is 0 Å². The highest BCUT2D eigenvalue weighted by Gasteiger charge is 2.32. The summed E-state index contributed by atoms with van der Waals surface area (Å²) in [5.74, 6) is 0.917. The monoisotopic (exact) mass is 327 g/mol. The van der Waals surface area contributed by atoms with Crippen molar-refractivity contribution in [1.29, 1.82) is 0 Å². The number of aromatic nitrogens is 1. The predicted molar refractivity (Wildman–Crippen MR) is 98.4 cm³/mol. The van der Waals surface area contributed by atoms with Crippen molar-refractivity contribution in [2.75, 3.05) is 11.4 Å². The Bertz CT molecular complexity index is 730.